The van der Waals surface area contributed by atoms with E-state index in [1.54, 1.807) is 28.6 Å². The van der Waals surface area contributed by atoms with Crippen LogP contribution in [0.1, 0.15) is 22.9 Å². The number of rotatable bonds is 6. The first kappa shape index (κ1) is 18.4. The molecule has 136 valence electrons. The van der Waals surface area contributed by atoms with Crippen molar-refractivity contribution in [2.45, 2.75) is 23.5 Å². The van der Waals surface area contributed by atoms with Crippen LogP contribution < -0.4 is 5.48 Å². The number of hydrogen-bond acceptors (Lipinski definition) is 4. The number of hydrogen-bond donors (Lipinski definition) is 2. The van der Waals surface area contributed by atoms with Crippen LogP contribution in [0.3, 0.4) is 0 Å². The van der Waals surface area contributed by atoms with Gasteiger partial charge in [0.25, 0.3) is 0 Å². The van der Waals surface area contributed by atoms with Gasteiger partial charge < -0.3 is 4.90 Å². The van der Waals surface area contributed by atoms with Crippen LogP contribution in [-0.2, 0) is 16.0 Å². The fraction of sp³-hybridized carbons (Fsp3) is 0.263. The van der Waals surface area contributed by atoms with Gasteiger partial charge in [0.1, 0.15) is 11.2 Å². The molecule has 2 unspecified atom stereocenters. The second-order valence-corrected chi connectivity index (χ2v) is 7.29. The highest BCUT2D eigenvalue weighted by Crippen LogP contribution is 2.44. The zero-order valence-electron chi connectivity index (χ0n) is 14.0. The lowest BCUT2D eigenvalue weighted by Crippen LogP contribution is -2.35. The third kappa shape index (κ3) is 4.05. The normalized spacial score (nSPS) is 19.6. The molecule has 2 aromatic rings. The highest BCUT2D eigenvalue weighted by Gasteiger charge is 2.42. The molecule has 1 saturated heterocycles. The molecule has 2 N–H and O–H groups in total. The minimum absolute atomic E-state index is 0.146. The van der Waals surface area contributed by atoms with E-state index in [-0.39, 0.29) is 18.1 Å². The van der Waals surface area contributed by atoms with Crippen LogP contribution in [0.2, 0.25) is 0 Å². The summed E-state index contributed by atoms with van der Waals surface area (Å²) in [5.74, 6) is -1.23. The summed E-state index contributed by atoms with van der Waals surface area (Å²) in [5, 5.41) is 7.59. The first-order chi connectivity index (χ1) is 12.6. The van der Waals surface area contributed by atoms with Crippen LogP contribution in [0, 0.1) is 5.82 Å². The van der Waals surface area contributed by atoms with Crippen LogP contribution in [0.15, 0.2) is 54.6 Å². The van der Waals surface area contributed by atoms with E-state index in [9.17, 15) is 14.0 Å². The molecule has 0 aromatic heterocycles. The Kier molecular flexibility index (Phi) is 5.90. The molecule has 26 heavy (non-hydrogen) atoms. The topological polar surface area (TPSA) is 69.6 Å². The average Bonchev–Trinajstić information content (AvgIpc) is 2.96. The predicted octanol–water partition coefficient (Wildman–Crippen LogP) is 2.91. The second kappa shape index (κ2) is 8.33. The van der Waals surface area contributed by atoms with Gasteiger partial charge in [-0.05, 0) is 18.1 Å². The largest absolute Gasteiger partial charge is 0.325 e. The van der Waals surface area contributed by atoms with Crippen molar-refractivity contribution in [1.29, 1.82) is 0 Å². The first-order valence-electron chi connectivity index (χ1n) is 8.27. The molecule has 0 spiro atoms. The molecule has 2 aromatic carbocycles. The van der Waals surface area contributed by atoms with Gasteiger partial charge in [-0.15, -0.1) is 11.8 Å². The summed E-state index contributed by atoms with van der Waals surface area (Å²) >= 11 is 1.24. The number of thioether (sulfide) groups is 1. The quantitative estimate of drug-likeness (QED) is 0.603. The Bertz CT molecular complexity index is 787. The summed E-state index contributed by atoms with van der Waals surface area (Å²) in [4.78, 5) is 25.9. The van der Waals surface area contributed by atoms with E-state index in [4.69, 9.17) is 5.21 Å². The highest BCUT2D eigenvalue weighted by atomic mass is 32.2. The van der Waals surface area contributed by atoms with E-state index >= 15 is 0 Å². The van der Waals surface area contributed by atoms with Gasteiger partial charge in [-0.3, -0.25) is 14.8 Å². The lowest BCUT2D eigenvalue weighted by atomic mass is 10.1. The van der Waals surface area contributed by atoms with Gasteiger partial charge in [-0.1, -0.05) is 48.5 Å². The molecular formula is C19H19FN2O3S. The fourth-order valence-electron chi connectivity index (χ4n) is 2.98. The standard InChI is InChI=1S/C19H19FN2O3S/c20-15-9-5-4-8-14(15)19-22(11-10-13-6-2-1-3-7-13)18(24)16(26-19)12-17(23)21-25/h1-9,16,19,25H,10-12H2,(H,21,23). The van der Waals surface area contributed by atoms with Crippen molar-refractivity contribution < 1.29 is 19.2 Å². The highest BCUT2D eigenvalue weighted by molar-refractivity contribution is 8.01. The first-order valence-corrected chi connectivity index (χ1v) is 9.21. The Hall–Kier alpha value is -2.38. The number of carbonyl (C=O) groups is 2. The summed E-state index contributed by atoms with van der Waals surface area (Å²) in [6.07, 6.45) is 0.490. The lowest BCUT2D eigenvalue weighted by molar-refractivity contribution is -0.134. The van der Waals surface area contributed by atoms with Crippen LogP contribution in [0.25, 0.3) is 0 Å². The smallest absolute Gasteiger partial charge is 0.244 e. The Morgan fingerprint density at radius 1 is 1.15 bits per heavy atom. The fourth-order valence-corrected chi connectivity index (χ4v) is 4.48. The molecule has 0 radical (unpaired) electrons. The van der Waals surface area contributed by atoms with Gasteiger partial charge in [0, 0.05) is 18.5 Å². The molecule has 1 aliphatic rings. The molecular weight excluding hydrogens is 355 g/mol. The number of halogens is 1. The second-order valence-electron chi connectivity index (χ2n) is 6.00. The van der Waals surface area contributed by atoms with E-state index in [0.29, 0.717) is 18.5 Å². The molecule has 1 heterocycles. The van der Waals surface area contributed by atoms with Crippen molar-refractivity contribution in [3.8, 4) is 0 Å². The van der Waals surface area contributed by atoms with Gasteiger partial charge >= 0.3 is 0 Å². The number of benzene rings is 2. The van der Waals surface area contributed by atoms with Crippen molar-refractivity contribution in [3.63, 3.8) is 0 Å². The van der Waals surface area contributed by atoms with Crippen LogP contribution in [-0.4, -0.2) is 33.7 Å². The van der Waals surface area contributed by atoms with E-state index in [2.05, 4.69) is 0 Å². The van der Waals surface area contributed by atoms with Crippen molar-refractivity contribution >= 4 is 23.6 Å². The van der Waals surface area contributed by atoms with Crippen LogP contribution in [0.5, 0.6) is 0 Å². The van der Waals surface area contributed by atoms with Crippen molar-refractivity contribution in [2.24, 2.45) is 0 Å². The average molecular weight is 374 g/mol. The summed E-state index contributed by atoms with van der Waals surface area (Å²) in [5.41, 5.74) is 3.05. The minimum Gasteiger partial charge on any atom is -0.325 e. The van der Waals surface area contributed by atoms with Gasteiger partial charge in [-0.2, -0.15) is 0 Å². The molecule has 0 aliphatic carbocycles. The van der Waals surface area contributed by atoms with Crippen molar-refractivity contribution in [1.82, 2.24) is 10.4 Å². The summed E-state index contributed by atoms with van der Waals surface area (Å²) < 4.78 is 14.3. The molecule has 0 saturated carbocycles. The molecule has 5 nitrogen and oxygen atoms in total. The third-order valence-corrected chi connectivity index (χ3v) is 5.75. The van der Waals surface area contributed by atoms with Crippen molar-refractivity contribution in [3.05, 3.63) is 71.5 Å². The summed E-state index contributed by atoms with van der Waals surface area (Å²) in [7, 11) is 0. The molecule has 1 aliphatic heterocycles. The maximum absolute atomic E-state index is 14.3. The van der Waals surface area contributed by atoms with E-state index in [0.717, 1.165) is 5.56 Å². The molecule has 2 atom stereocenters. The Morgan fingerprint density at radius 3 is 2.54 bits per heavy atom. The molecule has 1 fully saturated rings. The number of amides is 2. The minimum atomic E-state index is -0.650. The summed E-state index contributed by atoms with van der Waals surface area (Å²) in [6, 6.07) is 16.1. The summed E-state index contributed by atoms with van der Waals surface area (Å²) in [6.45, 7) is 0.423. The number of hydroxylamine groups is 1. The lowest BCUT2D eigenvalue weighted by Gasteiger charge is -2.24. The maximum Gasteiger partial charge on any atom is 0.244 e. The Balaban J connectivity index is 1.82. The zero-order chi connectivity index (χ0) is 18.5. The molecule has 7 heteroatoms. The van der Waals surface area contributed by atoms with E-state index in [1.165, 1.54) is 17.8 Å². The van der Waals surface area contributed by atoms with Gasteiger partial charge in [0.15, 0.2) is 0 Å². The van der Waals surface area contributed by atoms with Crippen LogP contribution >= 0.6 is 11.8 Å². The SMILES string of the molecule is O=C(CC1SC(c2ccccc2F)N(CCc2ccccc2)C1=O)NO. The van der Waals surface area contributed by atoms with E-state index < -0.39 is 16.5 Å². The number of carbonyl (C=O) groups excluding carboxylic acids is 2. The Labute approximate surface area is 155 Å². The van der Waals surface area contributed by atoms with Gasteiger partial charge in [0.05, 0.1) is 5.25 Å². The molecule has 3 rings (SSSR count). The maximum atomic E-state index is 14.3. The van der Waals surface area contributed by atoms with Gasteiger partial charge in [-0.25, -0.2) is 9.87 Å². The zero-order valence-corrected chi connectivity index (χ0v) is 14.8. The molecule has 2 amide bonds. The third-order valence-electron chi connectivity index (χ3n) is 4.29. The Morgan fingerprint density at radius 2 is 1.85 bits per heavy atom. The molecule has 0 bridgehead atoms. The number of nitrogens with zero attached hydrogens (tertiary/aromatic N) is 1. The van der Waals surface area contributed by atoms with Crippen LogP contribution in [0.4, 0.5) is 4.39 Å². The predicted molar refractivity (Wildman–Crippen MR) is 96.9 cm³/mol. The number of nitrogens with one attached hydrogen (secondary N) is 1. The van der Waals surface area contributed by atoms with Crippen molar-refractivity contribution in [2.75, 3.05) is 6.54 Å². The van der Waals surface area contributed by atoms with Gasteiger partial charge in [0.2, 0.25) is 11.8 Å². The monoisotopic (exact) mass is 374 g/mol. The van der Waals surface area contributed by atoms with E-state index in [1.807, 2.05) is 30.3 Å².